The first-order valence-corrected chi connectivity index (χ1v) is 5.89. The van der Waals surface area contributed by atoms with Gasteiger partial charge in [0.25, 0.3) is 0 Å². The Balaban J connectivity index is 3.43. The number of carbonyl (C=O) groups excluding carboxylic acids is 2. The Labute approximate surface area is 93.9 Å². The molecule has 0 atom stereocenters. The third-order valence-corrected chi connectivity index (χ3v) is 3.57. The lowest BCUT2D eigenvalue weighted by atomic mass is 10.1. The van der Waals surface area contributed by atoms with E-state index in [9.17, 15) is 9.59 Å². The summed E-state index contributed by atoms with van der Waals surface area (Å²) < 4.78 is 1.95. The molecular formula is C11H15NO2S. The number of ketones is 2. The normalized spacial score (nSPS) is 10.5. The molecule has 0 saturated carbocycles. The van der Waals surface area contributed by atoms with E-state index in [1.165, 1.54) is 6.92 Å². The second-order valence-electron chi connectivity index (χ2n) is 3.54. The highest BCUT2D eigenvalue weighted by Gasteiger charge is 2.22. The molecule has 0 aromatic carbocycles. The molecule has 0 N–H and O–H groups in total. The van der Waals surface area contributed by atoms with Crippen molar-refractivity contribution in [2.24, 2.45) is 7.05 Å². The van der Waals surface area contributed by atoms with Crippen LogP contribution in [0, 0.1) is 13.8 Å². The van der Waals surface area contributed by atoms with Gasteiger partial charge in [-0.3, -0.25) is 9.59 Å². The summed E-state index contributed by atoms with van der Waals surface area (Å²) in [6.07, 6.45) is 1.96. The molecule has 3 nitrogen and oxygen atoms in total. The number of hydrogen-bond acceptors (Lipinski definition) is 3. The highest BCUT2D eigenvalue weighted by molar-refractivity contribution is 7.98. The number of Topliss-reactive ketones (excluding diaryl/α,β-unsaturated/α-hetero) is 2. The van der Waals surface area contributed by atoms with Gasteiger partial charge in [-0.15, -0.1) is 11.8 Å². The number of rotatable bonds is 3. The van der Waals surface area contributed by atoms with Gasteiger partial charge in [0.1, 0.15) is 0 Å². The van der Waals surface area contributed by atoms with Crippen LogP contribution in [0.2, 0.25) is 0 Å². The maximum atomic E-state index is 11.7. The van der Waals surface area contributed by atoms with Gasteiger partial charge in [-0.05, 0) is 25.7 Å². The quantitative estimate of drug-likeness (QED) is 0.449. The minimum Gasteiger partial charge on any atom is -0.342 e. The van der Waals surface area contributed by atoms with Gasteiger partial charge in [-0.1, -0.05) is 0 Å². The van der Waals surface area contributed by atoms with Crippen molar-refractivity contribution in [1.82, 2.24) is 4.57 Å². The Morgan fingerprint density at radius 2 is 1.80 bits per heavy atom. The van der Waals surface area contributed by atoms with Crippen molar-refractivity contribution in [1.29, 1.82) is 0 Å². The van der Waals surface area contributed by atoms with Crippen molar-refractivity contribution in [3.05, 3.63) is 16.8 Å². The van der Waals surface area contributed by atoms with E-state index in [0.717, 1.165) is 16.3 Å². The molecule has 0 radical (unpaired) electrons. The fourth-order valence-corrected chi connectivity index (χ4v) is 2.57. The van der Waals surface area contributed by atoms with E-state index in [0.29, 0.717) is 5.56 Å². The highest BCUT2D eigenvalue weighted by atomic mass is 32.2. The number of aromatic nitrogens is 1. The van der Waals surface area contributed by atoms with Crippen LogP contribution >= 0.6 is 11.8 Å². The average molecular weight is 225 g/mol. The minimum absolute atomic E-state index is 0.388. The third-order valence-electron chi connectivity index (χ3n) is 2.61. The molecular weight excluding hydrogens is 210 g/mol. The molecule has 0 aliphatic rings. The fraction of sp³-hybridized carbons (Fsp3) is 0.455. The van der Waals surface area contributed by atoms with Crippen LogP contribution in [0.15, 0.2) is 5.03 Å². The lowest BCUT2D eigenvalue weighted by Gasteiger charge is -2.01. The van der Waals surface area contributed by atoms with Crippen molar-refractivity contribution in [2.45, 2.75) is 25.8 Å². The maximum absolute atomic E-state index is 11.7. The smallest absolute Gasteiger partial charge is 0.230 e. The van der Waals surface area contributed by atoms with Crippen LogP contribution in [-0.4, -0.2) is 22.4 Å². The van der Waals surface area contributed by atoms with Crippen LogP contribution in [-0.2, 0) is 11.8 Å². The first-order valence-electron chi connectivity index (χ1n) is 4.67. The van der Waals surface area contributed by atoms with Crippen LogP contribution in [0.25, 0.3) is 0 Å². The molecule has 0 aliphatic heterocycles. The van der Waals surface area contributed by atoms with Crippen LogP contribution in [0.4, 0.5) is 0 Å². The van der Waals surface area contributed by atoms with Crippen LogP contribution < -0.4 is 0 Å². The topological polar surface area (TPSA) is 39.1 Å². The lowest BCUT2D eigenvalue weighted by molar-refractivity contribution is -0.113. The van der Waals surface area contributed by atoms with Crippen molar-refractivity contribution in [3.8, 4) is 0 Å². The lowest BCUT2D eigenvalue weighted by Crippen LogP contribution is -2.11. The Hall–Kier alpha value is -1.03. The molecule has 0 bridgehead atoms. The Morgan fingerprint density at radius 1 is 1.27 bits per heavy atom. The van der Waals surface area contributed by atoms with E-state index in [2.05, 4.69) is 0 Å². The zero-order valence-electron chi connectivity index (χ0n) is 9.67. The van der Waals surface area contributed by atoms with Gasteiger partial charge in [-0.25, -0.2) is 0 Å². The number of nitrogens with zero attached hydrogens (tertiary/aromatic N) is 1. The van der Waals surface area contributed by atoms with E-state index in [1.54, 1.807) is 11.8 Å². The summed E-state index contributed by atoms with van der Waals surface area (Å²) in [6.45, 7) is 5.06. The number of thioether (sulfide) groups is 1. The number of hydrogen-bond donors (Lipinski definition) is 0. The summed E-state index contributed by atoms with van der Waals surface area (Å²) in [5, 5.41) is 1.04. The van der Waals surface area contributed by atoms with E-state index >= 15 is 0 Å². The molecule has 0 spiro atoms. The van der Waals surface area contributed by atoms with E-state index in [4.69, 9.17) is 0 Å². The predicted octanol–water partition coefficient (Wildman–Crippen LogP) is 2.14. The fourth-order valence-electron chi connectivity index (χ4n) is 1.75. The minimum atomic E-state index is -0.403. The van der Waals surface area contributed by atoms with Crippen LogP contribution in [0.1, 0.15) is 28.5 Å². The molecule has 4 heteroatoms. The van der Waals surface area contributed by atoms with E-state index in [1.807, 2.05) is 31.7 Å². The molecule has 1 heterocycles. The standard InChI is InChI=1S/C11H15NO2S/c1-6-9(10(14)8(3)13)7(2)12(4)11(6)15-5/h1-5H3. The predicted molar refractivity (Wildman–Crippen MR) is 61.7 cm³/mol. The van der Waals surface area contributed by atoms with Crippen molar-refractivity contribution in [2.75, 3.05) is 6.26 Å². The number of carbonyl (C=O) groups is 2. The zero-order chi connectivity index (χ0) is 11.7. The largest absolute Gasteiger partial charge is 0.342 e. The first kappa shape index (κ1) is 12.0. The molecule has 0 fully saturated rings. The monoisotopic (exact) mass is 225 g/mol. The Morgan fingerprint density at radius 3 is 2.13 bits per heavy atom. The molecule has 0 aliphatic carbocycles. The van der Waals surface area contributed by atoms with Gasteiger partial charge in [-0.2, -0.15) is 0 Å². The Kier molecular flexibility index (Phi) is 3.39. The molecule has 0 saturated heterocycles. The second-order valence-corrected chi connectivity index (χ2v) is 4.33. The van der Waals surface area contributed by atoms with Crippen molar-refractivity contribution < 1.29 is 9.59 Å². The van der Waals surface area contributed by atoms with Gasteiger partial charge in [0.15, 0.2) is 5.78 Å². The summed E-state index contributed by atoms with van der Waals surface area (Å²) in [4.78, 5) is 22.8. The van der Waals surface area contributed by atoms with Gasteiger partial charge < -0.3 is 4.57 Å². The molecule has 1 aromatic heterocycles. The summed E-state index contributed by atoms with van der Waals surface area (Å²) in [5.41, 5.74) is 2.33. The van der Waals surface area contributed by atoms with Gasteiger partial charge in [0, 0.05) is 19.7 Å². The second kappa shape index (κ2) is 4.23. The van der Waals surface area contributed by atoms with Gasteiger partial charge >= 0.3 is 0 Å². The zero-order valence-corrected chi connectivity index (χ0v) is 10.5. The van der Waals surface area contributed by atoms with E-state index < -0.39 is 5.78 Å². The average Bonchev–Trinajstić information content (AvgIpc) is 2.37. The molecule has 82 valence electrons. The van der Waals surface area contributed by atoms with Crippen molar-refractivity contribution >= 4 is 23.3 Å². The Bertz CT molecular complexity index is 432. The highest BCUT2D eigenvalue weighted by Crippen LogP contribution is 2.28. The molecule has 15 heavy (non-hydrogen) atoms. The summed E-state index contributed by atoms with van der Waals surface area (Å²) in [6, 6.07) is 0. The van der Waals surface area contributed by atoms with E-state index in [-0.39, 0.29) is 5.78 Å². The van der Waals surface area contributed by atoms with Gasteiger partial charge in [0.05, 0.1) is 10.6 Å². The molecule has 1 aromatic rings. The maximum Gasteiger partial charge on any atom is 0.230 e. The van der Waals surface area contributed by atoms with Crippen LogP contribution in [0.3, 0.4) is 0 Å². The SMILES string of the molecule is CSc1c(C)c(C(=O)C(C)=O)c(C)n1C. The summed E-state index contributed by atoms with van der Waals surface area (Å²) >= 11 is 1.59. The summed E-state index contributed by atoms with van der Waals surface area (Å²) in [7, 11) is 1.91. The molecule has 0 amide bonds. The van der Waals surface area contributed by atoms with Gasteiger partial charge in [0.2, 0.25) is 5.78 Å². The van der Waals surface area contributed by atoms with Crippen LogP contribution in [0.5, 0.6) is 0 Å². The molecule has 1 rings (SSSR count). The third kappa shape index (κ3) is 1.86. The molecule has 0 unspecified atom stereocenters. The summed E-state index contributed by atoms with van der Waals surface area (Å²) in [5.74, 6) is -0.791. The first-order chi connectivity index (χ1) is 6.91. The van der Waals surface area contributed by atoms with Crippen molar-refractivity contribution in [3.63, 3.8) is 0 Å².